The first-order valence-electron chi connectivity index (χ1n) is 22.3. The molecule has 2 aromatic heterocycles. The maximum Gasteiger partial charge on any atom is 0.0763 e. The number of benzene rings is 7. The second-order valence-electron chi connectivity index (χ2n) is 17.2. The number of rotatable bonds is 11. The number of nitrogens with zero attached hydrogens (tertiary/aromatic N) is 3. The molecule has 317 valence electrons. The van der Waals surface area contributed by atoms with Crippen LogP contribution in [0.4, 0.5) is 0 Å². The Morgan fingerprint density at radius 2 is 1.30 bits per heavy atom. The first-order valence-corrected chi connectivity index (χ1v) is 23.1. The van der Waals surface area contributed by atoms with Gasteiger partial charge in [-0.25, -0.2) is 0 Å². The standard InChI is InChI=1S/C31H25N2.C27H28NS.Ir/c1-19-10-9-11-20(2)28(19)29-23-13-6-8-15-27(23)32-30(33-29)21-16-17-26-24(18-21)22-12-5-7-14-25(22)31(26,3)4;1-2-3-4-5-6-7-12-21-13-10-14-22(19-21)23-15-11-16-24(20-23)27-28-25-17-8-9-18-26(25)29-27;/h5-15,17-18H,1-4H3;8-11,13-15,17-20H,2-7,12H2,1H3;/q2*-1;. The van der Waals surface area contributed by atoms with Crippen LogP contribution in [0.1, 0.15) is 87.1 Å². The van der Waals surface area contributed by atoms with Crippen molar-refractivity contribution in [3.05, 3.63) is 186 Å². The Kier molecular flexibility index (Phi) is 13.6. The minimum atomic E-state index is -0.0331. The Bertz CT molecular complexity index is 2980. The molecule has 0 saturated heterocycles. The molecule has 10 rings (SSSR count). The number of para-hydroxylation sites is 2. The van der Waals surface area contributed by atoms with E-state index in [1.807, 2.05) is 18.2 Å². The van der Waals surface area contributed by atoms with E-state index in [2.05, 4.69) is 174 Å². The molecule has 1 aliphatic rings. The average molecular weight is 1020 g/mol. The summed E-state index contributed by atoms with van der Waals surface area (Å²) in [6.45, 7) is 11.2. The summed E-state index contributed by atoms with van der Waals surface area (Å²) in [4.78, 5) is 14.9. The minimum Gasteiger partial charge on any atom is -0.285 e. The van der Waals surface area contributed by atoms with Gasteiger partial charge in [-0.05, 0) is 83.7 Å². The van der Waals surface area contributed by atoms with Gasteiger partial charge in [0.2, 0.25) is 0 Å². The number of aromatic nitrogens is 3. The quantitative estimate of drug-likeness (QED) is 0.0957. The van der Waals surface area contributed by atoms with Crippen molar-refractivity contribution in [1.82, 2.24) is 15.0 Å². The number of thiazole rings is 1. The minimum absolute atomic E-state index is 0. The van der Waals surface area contributed by atoms with Crippen molar-refractivity contribution in [3.8, 4) is 55.5 Å². The van der Waals surface area contributed by atoms with Crippen LogP contribution >= 0.6 is 11.3 Å². The Hall–Kier alpha value is -5.58. The Balaban J connectivity index is 0.000000172. The number of hydrogen-bond acceptors (Lipinski definition) is 4. The van der Waals surface area contributed by atoms with E-state index in [9.17, 15) is 0 Å². The zero-order valence-electron chi connectivity index (χ0n) is 36.9. The van der Waals surface area contributed by atoms with E-state index in [-0.39, 0.29) is 25.5 Å². The van der Waals surface area contributed by atoms with Crippen LogP contribution in [0.2, 0.25) is 0 Å². The van der Waals surface area contributed by atoms with Gasteiger partial charge in [0.1, 0.15) is 0 Å². The van der Waals surface area contributed by atoms with Gasteiger partial charge in [0.25, 0.3) is 0 Å². The van der Waals surface area contributed by atoms with E-state index >= 15 is 0 Å². The normalized spacial score (nSPS) is 12.3. The van der Waals surface area contributed by atoms with E-state index in [4.69, 9.17) is 15.0 Å². The molecule has 9 aromatic rings. The van der Waals surface area contributed by atoms with Crippen molar-refractivity contribution < 1.29 is 20.1 Å². The second-order valence-corrected chi connectivity index (χ2v) is 18.3. The molecule has 7 aromatic carbocycles. The summed E-state index contributed by atoms with van der Waals surface area (Å²) >= 11 is 1.73. The largest absolute Gasteiger partial charge is 0.285 e. The molecule has 1 aliphatic carbocycles. The van der Waals surface area contributed by atoms with Crippen LogP contribution in [0.5, 0.6) is 0 Å². The smallest absolute Gasteiger partial charge is 0.0763 e. The van der Waals surface area contributed by atoms with E-state index in [0.717, 1.165) is 44.1 Å². The van der Waals surface area contributed by atoms with Crippen molar-refractivity contribution in [2.24, 2.45) is 0 Å². The summed E-state index contributed by atoms with van der Waals surface area (Å²) in [5, 5.41) is 2.11. The van der Waals surface area contributed by atoms with Crippen LogP contribution in [-0.2, 0) is 31.9 Å². The predicted molar refractivity (Wildman–Crippen MR) is 263 cm³/mol. The fraction of sp³-hybridized carbons (Fsp3) is 0.224. The monoisotopic (exact) mass is 1020 g/mol. The zero-order valence-corrected chi connectivity index (χ0v) is 40.1. The molecule has 0 amide bonds. The topological polar surface area (TPSA) is 38.7 Å². The van der Waals surface area contributed by atoms with E-state index in [1.165, 1.54) is 105 Å². The van der Waals surface area contributed by atoms with Gasteiger partial charge in [0.15, 0.2) is 0 Å². The fourth-order valence-electron chi connectivity index (χ4n) is 9.12. The van der Waals surface area contributed by atoms with Crippen molar-refractivity contribution in [2.75, 3.05) is 0 Å². The maximum atomic E-state index is 5.14. The van der Waals surface area contributed by atoms with E-state index in [1.54, 1.807) is 11.3 Å². The van der Waals surface area contributed by atoms with E-state index < -0.39 is 0 Å². The van der Waals surface area contributed by atoms with Crippen LogP contribution < -0.4 is 0 Å². The van der Waals surface area contributed by atoms with Crippen LogP contribution in [-0.4, -0.2) is 15.0 Å². The number of unbranched alkanes of at least 4 members (excludes halogenated alkanes) is 5. The van der Waals surface area contributed by atoms with Crippen LogP contribution in [0.3, 0.4) is 0 Å². The summed E-state index contributed by atoms with van der Waals surface area (Å²) < 4.78 is 1.22. The van der Waals surface area contributed by atoms with Gasteiger partial charge < -0.3 is 0 Å². The molecule has 2 heterocycles. The summed E-state index contributed by atoms with van der Waals surface area (Å²) in [6, 6.07) is 58.4. The van der Waals surface area contributed by atoms with Gasteiger partial charge in [0, 0.05) is 40.8 Å². The van der Waals surface area contributed by atoms with Gasteiger partial charge in [-0.15, -0.1) is 64.7 Å². The molecule has 0 unspecified atom stereocenters. The molecule has 1 radical (unpaired) electrons. The van der Waals surface area contributed by atoms with Crippen molar-refractivity contribution in [2.45, 2.75) is 85.0 Å². The third-order valence-corrected chi connectivity index (χ3v) is 13.6. The predicted octanol–water partition coefficient (Wildman–Crippen LogP) is 16.0. The van der Waals surface area contributed by atoms with Crippen LogP contribution in [0.25, 0.3) is 76.6 Å². The molecule has 0 spiro atoms. The average Bonchev–Trinajstić information content (AvgIpc) is 3.84. The summed E-state index contributed by atoms with van der Waals surface area (Å²) in [7, 11) is 0. The molecule has 0 fully saturated rings. The summed E-state index contributed by atoms with van der Waals surface area (Å²) in [5.41, 5.74) is 17.8. The number of aryl methyl sites for hydroxylation is 3. The molecule has 0 saturated carbocycles. The molecule has 63 heavy (non-hydrogen) atoms. The van der Waals surface area contributed by atoms with Crippen LogP contribution in [0, 0.1) is 26.0 Å². The molecule has 0 N–H and O–H groups in total. The molecule has 3 nitrogen and oxygen atoms in total. The van der Waals surface area contributed by atoms with Crippen molar-refractivity contribution in [3.63, 3.8) is 0 Å². The molecule has 5 heteroatoms. The Labute approximate surface area is 391 Å². The number of hydrogen-bond donors (Lipinski definition) is 0. The van der Waals surface area contributed by atoms with Gasteiger partial charge >= 0.3 is 0 Å². The molecule has 0 bridgehead atoms. The Morgan fingerprint density at radius 3 is 2.13 bits per heavy atom. The van der Waals surface area contributed by atoms with Crippen molar-refractivity contribution in [1.29, 1.82) is 0 Å². The van der Waals surface area contributed by atoms with Gasteiger partial charge in [-0.2, -0.15) is 11.3 Å². The summed E-state index contributed by atoms with van der Waals surface area (Å²) in [5.74, 6) is 0.719. The van der Waals surface area contributed by atoms with Gasteiger partial charge in [0.05, 0.1) is 22.6 Å². The number of fused-ring (bicyclic) bond motifs is 5. The fourth-order valence-corrected chi connectivity index (χ4v) is 10.1. The Morgan fingerprint density at radius 1 is 0.587 bits per heavy atom. The van der Waals surface area contributed by atoms with E-state index in [0.29, 0.717) is 0 Å². The third-order valence-electron chi connectivity index (χ3n) is 12.5. The molecular formula is C58H53IrN3S-2. The first-order chi connectivity index (χ1) is 30.3. The SMILES string of the molecule is CCCCCCCCc1cccc(-c2cc[c-]c(-c3nc4ccccc4s3)c2)c1.Cc1cccc(C)c1-c1nc(-c2[c-]cc3c(c2)-c2ccccc2C3(C)C)nc2ccccc12.[Ir]. The maximum absolute atomic E-state index is 5.14. The molecular weight excluding hydrogens is 963 g/mol. The molecule has 0 atom stereocenters. The van der Waals surface area contributed by atoms with Gasteiger partial charge in [-0.1, -0.05) is 156 Å². The first kappa shape index (κ1) is 44.0. The summed E-state index contributed by atoms with van der Waals surface area (Å²) in [6.07, 6.45) is 9.23. The third kappa shape index (κ3) is 9.25. The van der Waals surface area contributed by atoms with Crippen molar-refractivity contribution >= 4 is 32.5 Å². The zero-order chi connectivity index (χ0) is 42.6. The molecule has 0 aliphatic heterocycles. The van der Waals surface area contributed by atoms with Gasteiger partial charge in [-0.3, -0.25) is 15.0 Å². The van der Waals surface area contributed by atoms with Crippen LogP contribution in [0.15, 0.2) is 146 Å². The second kappa shape index (κ2) is 19.4.